The van der Waals surface area contributed by atoms with E-state index in [1.54, 1.807) is 0 Å². The van der Waals surface area contributed by atoms with Gasteiger partial charge in [0, 0.05) is 10.9 Å². The average Bonchev–Trinajstić information content (AvgIpc) is 2.98. The van der Waals surface area contributed by atoms with Crippen LogP contribution < -0.4 is 11.1 Å². The molecule has 0 aliphatic rings. The topological polar surface area (TPSA) is 93.0 Å². The van der Waals surface area contributed by atoms with Gasteiger partial charge in [-0.15, -0.1) is 0 Å². The standard InChI is InChI=1S/C18H16N4O2/c19-17-15-9-8-13(11-16(15)21-22-17)7-4-10-20-18(23)24-12-14-5-2-1-3-6-14/h1-3,5-6,8-9,11H,10,12H2,(H,20,23)(H3,19,21,22). The second kappa shape index (κ2) is 7.20. The van der Waals surface area contributed by atoms with Crippen molar-refractivity contribution in [1.29, 1.82) is 0 Å². The largest absolute Gasteiger partial charge is 0.445 e. The molecule has 1 amide bonds. The summed E-state index contributed by atoms with van der Waals surface area (Å²) in [5.41, 5.74) is 8.29. The van der Waals surface area contributed by atoms with Crippen molar-refractivity contribution < 1.29 is 9.53 Å². The van der Waals surface area contributed by atoms with Crippen molar-refractivity contribution >= 4 is 22.8 Å². The Morgan fingerprint density at radius 2 is 2.08 bits per heavy atom. The van der Waals surface area contributed by atoms with Gasteiger partial charge in [0.05, 0.1) is 12.1 Å². The summed E-state index contributed by atoms with van der Waals surface area (Å²) >= 11 is 0. The summed E-state index contributed by atoms with van der Waals surface area (Å²) < 4.78 is 5.10. The van der Waals surface area contributed by atoms with Gasteiger partial charge in [0.15, 0.2) is 5.82 Å². The molecule has 6 nitrogen and oxygen atoms in total. The summed E-state index contributed by atoms with van der Waals surface area (Å²) in [5, 5.41) is 10.2. The zero-order chi connectivity index (χ0) is 16.8. The number of fused-ring (bicyclic) bond motifs is 1. The molecule has 0 spiro atoms. The number of rotatable bonds is 3. The summed E-state index contributed by atoms with van der Waals surface area (Å²) in [4.78, 5) is 11.6. The van der Waals surface area contributed by atoms with E-state index in [2.05, 4.69) is 27.4 Å². The Morgan fingerprint density at radius 3 is 2.92 bits per heavy atom. The third kappa shape index (κ3) is 3.84. The molecule has 120 valence electrons. The molecule has 6 heteroatoms. The van der Waals surface area contributed by atoms with E-state index in [0.717, 1.165) is 22.0 Å². The van der Waals surface area contributed by atoms with Crippen LogP contribution in [-0.4, -0.2) is 22.8 Å². The Hall–Kier alpha value is -3.46. The highest BCUT2D eigenvalue weighted by Gasteiger charge is 2.02. The number of ether oxygens (including phenoxy) is 1. The van der Waals surface area contributed by atoms with Crippen molar-refractivity contribution in [3.63, 3.8) is 0 Å². The number of anilines is 1. The van der Waals surface area contributed by atoms with Crippen molar-refractivity contribution in [2.75, 3.05) is 12.3 Å². The number of aromatic amines is 1. The van der Waals surface area contributed by atoms with E-state index in [4.69, 9.17) is 10.5 Å². The first kappa shape index (κ1) is 15.4. The first-order valence-electron chi connectivity index (χ1n) is 7.39. The molecule has 0 bridgehead atoms. The second-order valence-electron chi connectivity index (χ2n) is 5.09. The third-order valence-corrected chi connectivity index (χ3v) is 3.36. The molecule has 0 aliphatic carbocycles. The third-order valence-electron chi connectivity index (χ3n) is 3.36. The molecule has 1 aromatic heterocycles. The minimum atomic E-state index is -0.495. The lowest BCUT2D eigenvalue weighted by Crippen LogP contribution is -2.24. The molecule has 0 saturated carbocycles. The minimum absolute atomic E-state index is 0.205. The average molecular weight is 320 g/mol. The molecular formula is C18H16N4O2. The van der Waals surface area contributed by atoms with Crippen molar-refractivity contribution in [3.8, 4) is 11.8 Å². The first-order valence-corrected chi connectivity index (χ1v) is 7.39. The summed E-state index contributed by atoms with van der Waals surface area (Å²) in [7, 11) is 0. The highest BCUT2D eigenvalue weighted by atomic mass is 16.5. The summed E-state index contributed by atoms with van der Waals surface area (Å²) in [6, 6.07) is 15.1. The molecule has 3 aromatic rings. The van der Waals surface area contributed by atoms with Gasteiger partial charge in [0.1, 0.15) is 6.61 Å². The van der Waals surface area contributed by atoms with Gasteiger partial charge >= 0.3 is 6.09 Å². The van der Waals surface area contributed by atoms with Crippen LogP contribution in [0.3, 0.4) is 0 Å². The molecule has 4 N–H and O–H groups in total. The van der Waals surface area contributed by atoms with Gasteiger partial charge in [-0.2, -0.15) is 5.10 Å². The molecule has 0 atom stereocenters. The van der Waals surface area contributed by atoms with E-state index in [-0.39, 0.29) is 13.2 Å². The van der Waals surface area contributed by atoms with Crippen molar-refractivity contribution in [1.82, 2.24) is 15.5 Å². The Morgan fingerprint density at radius 1 is 1.25 bits per heavy atom. The van der Waals surface area contributed by atoms with Crippen LogP contribution >= 0.6 is 0 Å². The van der Waals surface area contributed by atoms with E-state index in [1.807, 2.05) is 48.5 Å². The lowest BCUT2D eigenvalue weighted by molar-refractivity contribution is 0.141. The number of nitrogens with one attached hydrogen (secondary N) is 2. The molecule has 1 heterocycles. The lowest BCUT2D eigenvalue weighted by Gasteiger charge is -2.04. The molecule has 0 unspecified atom stereocenters. The number of nitrogen functional groups attached to an aromatic ring is 1. The van der Waals surface area contributed by atoms with Crippen molar-refractivity contribution in [3.05, 3.63) is 59.7 Å². The normalized spacial score (nSPS) is 10.0. The van der Waals surface area contributed by atoms with Gasteiger partial charge in [0.25, 0.3) is 0 Å². The predicted octanol–water partition coefficient (Wildman–Crippen LogP) is 2.42. The van der Waals surface area contributed by atoms with Crippen LogP contribution in [0.25, 0.3) is 10.9 Å². The Bertz CT molecular complexity index is 907. The molecular weight excluding hydrogens is 304 g/mol. The zero-order valence-electron chi connectivity index (χ0n) is 12.9. The number of hydrogen-bond acceptors (Lipinski definition) is 4. The van der Waals surface area contributed by atoms with Crippen LogP contribution in [0.1, 0.15) is 11.1 Å². The quantitative estimate of drug-likeness (QED) is 0.646. The van der Waals surface area contributed by atoms with E-state index >= 15 is 0 Å². The van der Waals surface area contributed by atoms with Crippen molar-refractivity contribution in [2.24, 2.45) is 0 Å². The van der Waals surface area contributed by atoms with Gasteiger partial charge < -0.3 is 15.8 Å². The number of alkyl carbamates (subject to hydrolysis) is 1. The number of benzene rings is 2. The Kier molecular flexibility index (Phi) is 4.63. The highest BCUT2D eigenvalue weighted by Crippen LogP contribution is 2.18. The molecule has 0 aliphatic heterocycles. The SMILES string of the molecule is Nc1n[nH]c2cc(C#CCNC(=O)OCc3ccccc3)ccc12. The number of nitrogens with zero attached hydrogens (tertiary/aromatic N) is 1. The number of carbonyl (C=O) groups is 1. The number of nitrogens with two attached hydrogens (primary N) is 1. The summed E-state index contributed by atoms with van der Waals surface area (Å²) in [6.07, 6.45) is -0.495. The maximum atomic E-state index is 11.6. The molecule has 0 fully saturated rings. The number of aromatic nitrogens is 2. The zero-order valence-corrected chi connectivity index (χ0v) is 12.9. The van der Waals surface area contributed by atoms with E-state index in [9.17, 15) is 4.79 Å². The minimum Gasteiger partial charge on any atom is -0.445 e. The molecule has 2 aromatic carbocycles. The van der Waals surface area contributed by atoms with Crippen LogP contribution in [0.5, 0.6) is 0 Å². The summed E-state index contributed by atoms with van der Waals surface area (Å²) in [5.74, 6) is 6.31. The monoisotopic (exact) mass is 320 g/mol. The Labute approximate surface area is 139 Å². The molecule has 24 heavy (non-hydrogen) atoms. The fraction of sp³-hybridized carbons (Fsp3) is 0.111. The van der Waals surface area contributed by atoms with E-state index in [1.165, 1.54) is 0 Å². The fourth-order valence-corrected chi connectivity index (χ4v) is 2.16. The van der Waals surface area contributed by atoms with Gasteiger partial charge in [-0.1, -0.05) is 42.2 Å². The number of amides is 1. The first-order chi connectivity index (χ1) is 11.7. The number of hydrogen-bond donors (Lipinski definition) is 3. The van der Waals surface area contributed by atoms with Crippen LogP contribution in [-0.2, 0) is 11.3 Å². The maximum Gasteiger partial charge on any atom is 0.408 e. The van der Waals surface area contributed by atoms with E-state index in [0.29, 0.717) is 5.82 Å². The van der Waals surface area contributed by atoms with Crippen LogP contribution in [0.15, 0.2) is 48.5 Å². The van der Waals surface area contributed by atoms with E-state index < -0.39 is 6.09 Å². The number of H-pyrrole nitrogens is 1. The van der Waals surface area contributed by atoms with Gasteiger partial charge in [-0.25, -0.2) is 4.79 Å². The highest BCUT2D eigenvalue weighted by molar-refractivity contribution is 5.89. The van der Waals surface area contributed by atoms with Gasteiger partial charge in [0.2, 0.25) is 0 Å². The maximum absolute atomic E-state index is 11.6. The van der Waals surface area contributed by atoms with Gasteiger partial charge in [-0.05, 0) is 23.8 Å². The Balaban J connectivity index is 1.48. The fourth-order valence-electron chi connectivity index (χ4n) is 2.16. The molecule has 3 rings (SSSR count). The second-order valence-corrected chi connectivity index (χ2v) is 5.09. The van der Waals surface area contributed by atoms with Crippen LogP contribution in [0.2, 0.25) is 0 Å². The van der Waals surface area contributed by atoms with Crippen molar-refractivity contribution in [2.45, 2.75) is 6.61 Å². The van der Waals surface area contributed by atoms with Crippen LogP contribution in [0.4, 0.5) is 10.6 Å². The predicted molar refractivity (Wildman–Crippen MR) is 92.0 cm³/mol. The molecule has 0 saturated heterocycles. The number of carbonyl (C=O) groups excluding carboxylic acids is 1. The summed E-state index contributed by atoms with van der Waals surface area (Å²) in [6.45, 7) is 0.439. The van der Waals surface area contributed by atoms with Crippen LogP contribution in [0, 0.1) is 11.8 Å². The smallest absolute Gasteiger partial charge is 0.408 e. The van der Waals surface area contributed by atoms with Gasteiger partial charge in [-0.3, -0.25) is 5.10 Å². The lowest BCUT2D eigenvalue weighted by atomic mass is 10.1. The molecule has 0 radical (unpaired) electrons.